The predicted octanol–water partition coefficient (Wildman–Crippen LogP) is 4.45. The summed E-state index contributed by atoms with van der Waals surface area (Å²) < 4.78 is 10.8. The van der Waals surface area contributed by atoms with Gasteiger partial charge in [-0.25, -0.2) is 0 Å². The van der Waals surface area contributed by atoms with Gasteiger partial charge in [0.15, 0.2) is 11.5 Å². The van der Waals surface area contributed by atoms with E-state index in [0.29, 0.717) is 53.3 Å². The summed E-state index contributed by atoms with van der Waals surface area (Å²) in [6, 6.07) is 8.83. The number of piperidine rings is 1. The van der Waals surface area contributed by atoms with Gasteiger partial charge in [-0.2, -0.15) is 0 Å². The fourth-order valence-corrected chi connectivity index (χ4v) is 4.80. The Bertz CT molecular complexity index is 1040. The molecule has 0 bridgehead atoms. The molecule has 0 spiro atoms. The molecule has 4 rings (SSSR count). The van der Waals surface area contributed by atoms with Crippen LogP contribution >= 0.6 is 23.2 Å². The topological polar surface area (TPSA) is 59.1 Å². The van der Waals surface area contributed by atoms with Crippen molar-refractivity contribution in [3.63, 3.8) is 0 Å². The summed E-state index contributed by atoms with van der Waals surface area (Å²) in [5.41, 5.74) is 2.73. The second kappa shape index (κ2) is 9.59. The van der Waals surface area contributed by atoms with Crippen LogP contribution in [0.1, 0.15) is 34.3 Å². The smallest absolute Gasteiger partial charge is 0.253 e. The van der Waals surface area contributed by atoms with Gasteiger partial charge in [0.25, 0.3) is 5.91 Å². The van der Waals surface area contributed by atoms with E-state index in [1.807, 2.05) is 17.0 Å². The average molecular weight is 477 g/mol. The molecule has 2 heterocycles. The summed E-state index contributed by atoms with van der Waals surface area (Å²) in [5, 5.41) is 0.760. The van der Waals surface area contributed by atoms with Gasteiger partial charge in [-0.3, -0.25) is 9.59 Å². The maximum atomic E-state index is 13.3. The monoisotopic (exact) mass is 476 g/mol. The number of carbonyl (C=O) groups excluding carboxylic acids is 2. The predicted molar refractivity (Wildman–Crippen MR) is 124 cm³/mol. The Morgan fingerprint density at radius 1 is 0.938 bits per heavy atom. The zero-order valence-corrected chi connectivity index (χ0v) is 19.7. The van der Waals surface area contributed by atoms with Crippen LogP contribution in [0, 0.1) is 5.92 Å². The molecule has 1 fully saturated rings. The van der Waals surface area contributed by atoms with Gasteiger partial charge < -0.3 is 19.3 Å². The number of amides is 2. The van der Waals surface area contributed by atoms with Crippen molar-refractivity contribution in [1.29, 1.82) is 0 Å². The van der Waals surface area contributed by atoms with Gasteiger partial charge in [0.2, 0.25) is 5.91 Å². The van der Waals surface area contributed by atoms with Gasteiger partial charge in [-0.1, -0.05) is 23.2 Å². The first kappa shape index (κ1) is 22.7. The molecule has 1 saturated heterocycles. The van der Waals surface area contributed by atoms with Gasteiger partial charge in [0, 0.05) is 31.7 Å². The second-order valence-electron chi connectivity index (χ2n) is 8.20. The molecule has 0 aliphatic carbocycles. The first-order valence-electron chi connectivity index (χ1n) is 10.7. The van der Waals surface area contributed by atoms with Crippen LogP contribution in [0.25, 0.3) is 0 Å². The lowest BCUT2D eigenvalue weighted by atomic mass is 9.93. The molecule has 32 heavy (non-hydrogen) atoms. The molecule has 2 amide bonds. The van der Waals surface area contributed by atoms with E-state index in [9.17, 15) is 9.59 Å². The molecule has 0 N–H and O–H groups in total. The second-order valence-corrected chi connectivity index (χ2v) is 9.02. The van der Waals surface area contributed by atoms with Crippen LogP contribution in [0.3, 0.4) is 0 Å². The molecule has 0 radical (unpaired) electrons. The Morgan fingerprint density at radius 3 is 2.34 bits per heavy atom. The van der Waals surface area contributed by atoms with Crippen molar-refractivity contribution in [2.75, 3.05) is 33.9 Å². The standard InChI is InChI=1S/C24H26Cl2N2O4/c1-31-21-11-15-7-9-28(14-18(15)12-22(21)32-2)24(30)17-4-3-8-27(13-17)23(29)16-5-6-19(25)20(26)10-16/h5-6,10-12,17H,3-4,7-9,13-14H2,1-2H3. The van der Waals surface area contributed by atoms with E-state index in [0.717, 1.165) is 24.8 Å². The minimum atomic E-state index is -0.211. The maximum Gasteiger partial charge on any atom is 0.253 e. The van der Waals surface area contributed by atoms with E-state index in [2.05, 4.69) is 0 Å². The molecule has 2 aliphatic rings. The molecule has 6 nitrogen and oxygen atoms in total. The van der Waals surface area contributed by atoms with Crippen LogP contribution in [0.5, 0.6) is 11.5 Å². The molecule has 8 heteroatoms. The van der Waals surface area contributed by atoms with Gasteiger partial charge in [0.1, 0.15) is 0 Å². The van der Waals surface area contributed by atoms with Crippen molar-refractivity contribution in [3.8, 4) is 11.5 Å². The molecule has 2 aromatic carbocycles. The number of nitrogens with zero attached hydrogens (tertiary/aromatic N) is 2. The summed E-state index contributed by atoms with van der Waals surface area (Å²) in [6.07, 6.45) is 2.33. The Hall–Kier alpha value is -2.44. The van der Waals surface area contributed by atoms with E-state index in [-0.39, 0.29) is 17.7 Å². The van der Waals surface area contributed by atoms with Crippen LogP contribution in [-0.2, 0) is 17.8 Å². The van der Waals surface area contributed by atoms with E-state index < -0.39 is 0 Å². The number of hydrogen-bond donors (Lipinski definition) is 0. The third-order valence-corrected chi connectivity index (χ3v) is 6.99. The lowest BCUT2D eigenvalue weighted by molar-refractivity contribution is -0.137. The molecule has 2 aromatic rings. The van der Waals surface area contributed by atoms with Crippen molar-refractivity contribution in [3.05, 3.63) is 57.1 Å². The number of methoxy groups -OCH3 is 2. The third kappa shape index (κ3) is 4.52. The summed E-state index contributed by atoms with van der Waals surface area (Å²) in [7, 11) is 3.23. The SMILES string of the molecule is COc1cc2c(cc1OC)CN(C(=O)C1CCCN(C(=O)c3ccc(Cl)c(Cl)c3)C1)CC2. The van der Waals surface area contributed by atoms with Crippen molar-refractivity contribution >= 4 is 35.0 Å². The highest BCUT2D eigenvalue weighted by Crippen LogP contribution is 2.34. The van der Waals surface area contributed by atoms with E-state index >= 15 is 0 Å². The van der Waals surface area contributed by atoms with Gasteiger partial charge >= 0.3 is 0 Å². The quantitative estimate of drug-likeness (QED) is 0.653. The van der Waals surface area contributed by atoms with E-state index in [1.165, 1.54) is 5.56 Å². The fraction of sp³-hybridized carbons (Fsp3) is 0.417. The number of halogens is 2. The van der Waals surface area contributed by atoms with Crippen molar-refractivity contribution in [1.82, 2.24) is 9.80 Å². The number of hydrogen-bond acceptors (Lipinski definition) is 4. The number of ether oxygens (including phenoxy) is 2. The summed E-state index contributed by atoms with van der Waals surface area (Å²) >= 11 is 12.1. The number of rotatable bonds is 4. The molecular formula is C24H26Cl2N2O4. The highest BCUT2D eigenvalue weighted by atomic mass is 35.5. The largest absolute Gasteiger partial charge is 0.493 e. The van der Waals surface area contributed by atoms with E-state index in [4.69, 9.17) is 32.7 Å². The zero-order valence-electron chi connectivity index (χ0n) is 18.2. The third-order valence-electron chi connectivity index (χ3n) is 6.25. The van der Waals surface area contributed by atoms with Gasteiger partial charge in [-0.05, 0) is 60.7 Å². The molecule has 1 unspecified atom stereocenters. The Labute approximate surface area is 198 Å². The first-order valence-corrected chi connectivity index (χ1v) is 11.4. The highest BCUT2D eigenvalue weighted by molar-refractivity contribution is 6.42. The normalized spacial score (nSPS) is 18.2. The average Bonchev–Trinajstić information content (AvgIpc) is 2.83. The summed E-state index contributed by atoms with van der Waals surface area (Å²) in [5.74, 6) is 1.13. The fourth-order valence-electron chi connectivity index (χ4n) is 4.50. The van der Waals surface area contributed by atoms with Crippen LogP contribution < -0.4 is 9.47 Å². The lowest BCUT2D eigenvalue weighted by Gasteiger charge is -2.37. The zero-order chi connectivity index (χ0) is 22.8. The van der Waals surface area contributed by atoms with E-state index in [1.54, 1.807) is 37.3 Å². The van der Waals surface area contributed by atoms with Crippen molar-refractivity contribution < 1.29 is 19.1 Å². The number of benzene rings is 2. The van der Waals surface area contributed by atoms with Crippen molar-refractivity contribution in [2.45, 2.75) is 25.8 Å². The number of fused-ring (bicyclic) bond motifs is 1. The first-order chi connectivity index (χ1) is 15.4. The summed E-state index contributed by atoms with van der Waals surface area (Å²) in [4.78, 5) is 30.0. The van der Waals surface area contributed by atoms with Crippen LogP contribution in [0.2, 0.25) is 10.0 Å². The minimum absolute atomic E-state index is 0.0945. The molecule has 0 saturated carbocycles. The Morgan fingerprint density at radius 2 is 1.66 bits per heavy atom. The highest BCUT2D eigenvalue weighted by Gasteiger charge is 2.33. The molecule has 0 aromatic heterocycles. The molecule has 1 atom stereocenters. The number of carbonyl (C=O) groups is 2. The lowest BCUT2D eigenvalue weighted by Crippen LogP contribution is -2.47. The minimum Gasteiger partial charge on any atom is -0.493 e. The van der Waals surface area contributed by atoms with Gasteiger partial charge in [0.05, 0.1) is 30.2 Å². The van der Waals surface area contributed by atoms with Crippen molar-refractivity contribution in [2.24, 2.45) is 5.92 Å². The maximum absolute atomic E-state index is 13.3. The van der Waals surface area contributed by atoms with Crippen LogP contribution in [-0.4, -0.2) is 55.5 Å². The summed E-state index contributed by atoms with van der Waals surface area (Å²) in [6.45, 7) is 2.22. The van der Waals surface area contributed by atoms with Crippen LogP contribution in [0.4, 0.5) is 0 Å². The molecule has 170 valence electrons. The Balaban J connectivity index is 1.45. The molecule has 2 aliphatic heterocycles. The number of likely N-dealkylation sites (tertiary alicyclic amines) is 1. The van der Waals surface area contributed by atoms with Crippen LogP contribution in [0.15, 0.2) is 30.3 Å². The Kier molecular flexibility index (Phi) is 6.82. The molecular weight excluding hydrogens is 451 g/mol. The van der Waals surface area contributed by atoms with Gasteiger partial charge in [-0.15, -0.1) is 0 Å².